The molecule has 0 aliphatic rings. The van der Waals surface area contributed by atoms with Gasteiger partial charge in [-0.1, -0.05) is 11.6 Å². The number of hydrogen-bond donors (Lipinski definition) is 1. The van der Waals surface area contributed by atoms with Gasteiger partial charge in [-0.3, -0.25) is 4.98 Å². The average Bonchev–Trinajstić information content (AvgIpc) is 2.92. The van der Waals surface area contributed by atoms with Crippen LogP contribution in [0.4, 0.5) is 5.69 Å². The van der Waals surface area contributed by atoms with E-state index >= 15 is 0 Å². The van der Waals surface area contributed by atoms with Crippen LogP contribution in [0.3, 0.4) is 0 Å². The zero-order chi connectivity index (χ0) is 13.2. The van der Waals surface area contributed by atoms with Crippen LogP contribution in [-0.2, 0) is 6.54 Å². The molecule has 1 N–H and O–H groups in total. The molecule has 19 heavy (non-hydrogen) atoms. The van der Waals surface area contributed by atoms with Crippen molar-refractivity contribution in [2.75, 3.05) is 5.32 Å². The lowest BCUT2D eigenvalue weighted by Gasteiger charge is -2.12. The van der Waals surface area contributed by atoms with E-state index in [1.165, 1.54) is 0 Å². The smallest absolute Gasteiger partial charge is 0.122 e. The summed E-state index contributed by atoms with van der Waals surface area (Å²) < 4.78 is 5.31. The van der Waals surface area contributed by atoms with E-state index in [1.54, 1.807) is 12.5 Å². The second kappa shape index (κ2) is 4.94. The first kappa shape index (κ1) is 12.1. The lowest BCUT2D eigenvalue weighted by molar-refractivity contribution is 0.518. The fourth-order valence-corrected chi connectivity index (χ4v) is 2.48. The van der Waals surface area contributed by atoms with Crippen LogP contribution in [0.2, 0.25) is 5.02 Å². The molecule has 4 heteroatoms. The Morgan fingerprint density at radius 3 is 3.00 bits per heavy atom. The number of nitrogens with one attached hydrogen (secondary N) is 1. The van der Waals surface area contributed by atoms with Crippen molar-refractivity contribution in [3.63, 3.8) is 0 Å². The molecule has 3 aromatic rings. The number of pyridine rings is 1. The molecule has 1 aromatic carbocycles. The van der Waals surface area contributed by atoms with E-state index in [0.29, 0.717) is 11.6 Å². The van der Waals surface area contributed by atoms with Gasteiger partial charge in [0.1, 0.15) is 5.76 Å². The molecule has 3 rings (SSSR count). The predicted octanol–water partition coefficient (Wildman–Crippen LogP) is 4.40. The van der Waals surface area contributed by atoms with Gasteiger partial charge in [-0.15, -0.1) is 0 Å². The lowest BCUT2D eigenvalue weighted by Crippen LogP contribution is -2.00. The second-order valence-electron chi connectivity index (χ2n) is 4.38. The normalized spacial score (nSPS) is 10.8. The molecule has 0 bridgehead atoms. The summed E-state index contributed by atoms with van der Waals surface area (Å²) in [5.41, 5.74) is 2.93. The molecule has 0 atom stereocenters. The summed E-state index contributed by atoms with van der Waals surface area (Å²) in [6.07, 6.45) is 3.45. The van der Waals surface area contributed by atoms with E-state index in [4.69, 9.17) is 16.0 Å². The Kier molecular flexibility index (Phi) is 3.13. The number of rotatable bonds is 3. The van der Waals surface area contributed by atoms with Crippen LogP contribution in [0.25, 0.3) is 10.9 Å². The van der Waals surface area contributed by atoms with Crippen molar-refractivity contribution < 1.29 is 4.42 Å². The van der Waals surface area contributed by atoms with Gasteiger partial charge in [-0.05, 0) is 42.8 Å². The minimum Gasteiger partial charge on any atom is -0.467 e. The van der Waals surface area contributed by atoms with Crippen molar-refractivity contribution in [1.29, 1.82) is 0 Å². The van der Waals surface area contributed by atoms with Gasteiger partial charge in [0.05, 0.1) is 29.0 Å². The van der Waals surface area contributed by atoms with Gasteiger partial charge < -0.3 is 9.73 Å². The van der Waals surface area contributed by atoms with Gasteiger partial charge in [0, 0.05) is 11.6 Å². The highest BCUT2D eigenvalue weighted by Crippen LogP contribution is 2.32. The monoisotopic (exact) mass is 272 g/mol. The summed E-state index contributed by atoms with van der Waals surface area (Å²) in [5.74, 6) is 0.869. The van der Waals surface area contributed by atoms with Crippen LogP contribution in [-0.4, -0.2) is 4.98 Å². The Morgan fingerprint density at radius 1 is 1.32 bits per heavy atom. The number of fused-ring (bicyclic) bond motifs is 1. The van der Waals surface area contributed by atoms with E-state index < -0.39 is 0 Å². The van der Waals surface area contributed by atoms with Gasteiger partial charge in [0.2, 0.25) is 0 Å². The summed E-state index contributed by atoms with van der Waals surface area (Å²) in [6.45, 7) is 2.61. The van der Waals surface area contributed by atoms with Crippen LogP contribution in [0.15, 0.2) is 47.2 Å². The quantitative estimate of drug-likeness (QED) is 0.768. The van der Waals surface area contributed by atoms with Gasteiger partial charge in [-0.2, -0.15) is 0 Å². The average molecular weight is 273 g/mol. The van der Waals surface area contributed by atoms with Crippen molar-refractivity contribution in [3.8, 4) is 0 Å². The first-order chi connectivity index (χ1) is 9.25. The third-order valence-corrected chi connectivity index (χ3v) is 3.35. The van der Waals surface area contributed by atoms with Gasteiger partial charge in [0.15, 0.2) is 0 Å². The molecule has 0 saturated carbocycles. The van der Waals surface area contributed by atoms with E-state index in [0.717, 1.165) is 27.9 Å². The first-order valence-electron chi connectivity index (χ1n) is 6.06. The molecular formula is C15H13ClN2O. The number of anilines is 1. The SMILES string of the molecule is Cc1cc(Cl)c(NCc2ccco2)c2cccnc12. The van der Waals surface area contributed by atoms with E-state index in [2.05, 4.69) is 10.3 Å². The zero-order valence-electron chi connectivity index (χ0n) is 10.5. The number of aromatic nitrogens is 1. The number of halogens is 1. The summed E-state index contributed by atoms with van der Waals surface area (Å²) in [5, 5.41) is 5.05. The maximum atomic E-state index is 6.33. The summed E-state index contributed by atoms with van der Waals surface area (Å²) in [4.78, 5) is 4.41. The predicted molar refractivity (Wildman–Crippen MR) is 77.5 cm³/mol. The fourth-order valence-electron chi connectivity index (χ4n) is 2.15. The molecule has 0 fully saturated rings. The highest BCUT2D eigenvalue weighted by molar-refractivity contribution is 6.35. The van der Waals surface area contributed by atoms with E-state index in [-0.39, 0.29) is 0 Å². The fraction of sp³-hybridized carbons (Fsp3) is 0.133. The minimum atomic E-state index is 0.597. The van der Waals surface area contributed by atoms with Gasteiger partial charge >= 0.3 is 0 Å². The standard InChI is InChI=1S/C15H13ClN2O/c1-10-8-13(16)15(12-5-2-6-17-14(10)12)18-9-11-4-3-7-19-11/h2-8,18H,9H2,1H3. The summed E-state index contributed by atoms with van der Waals surface area (Å²) in [7, 11) is 0. The highest BCUT2D eigenvalue weighted by Gasteiger charge is 2.09. The van der Waals surface area contributed by atoms with Crippen molar-refractivity contribution in [3.05, 3.63) is 59.1 Å². The molecule has 0 amide bonds. The van der Waals surface area contributed by atoms with Gasteiger partial charge in [0.25, 0.3) is 0 Å². The largest absolute Gasteiger partial charge is 0.467 e. The molecule has 0 aliphatic carbocycles. The minimum absolute atomic E-state index is 0.597. The molecule has 96 valence electrons. The molecule has 3 nitrogen and oxygen atoms in total. The summed E-state index contributed by atoms with van der Waals surface area (Å²) in [6, 6.07) is 9.66. The van der Waals surface area contributed by atoms with E-state index in [1.807, 2.05) is 37.3 Å². The lowest BCUT2D eigenvalue weighted by atomic mass is 10.1. The topological polar surface area (TPSA) is 38.1 Å². The van der Waals surface area contributed by atoms with E-state index in [9.17, 15) is 0 Å². The molecule has 0 radical (unpaired) electrons. The van der Waals surface area contributed by atoms with Crippen LogP contribution >= 0.6 is 11.6 Å². The van der Waals surface area contributed by atoms with Gasteiger partial charge in [-0.25, -0.2) is 0 Å². The van der Waals surface area contributed by atoms with Crippen molar-refractivity contribution in [2.45, 2.75) is 13.5 Å². The highest BCUT2D eigenvalue weighted by atomic mass is 35.5. The molecule has 2 heterocycles. The molecule has 0 saturated heterocycles. The number of nitrogens with zero attached hydrogens (tertiary/aromatic N) is 1. The Labute approximate surface area is 116 Å². The third kappa shape index (κ3) is 2.29. The molecule has 2 aromatic heterocycles. The Morgan fingerprint density at radius 2 is 2.21 bits per heavy atom. The van der Waals surface area contributed by atoms with Crippen LogP contribution in [0.5, 0.6) is 0 Å². The van der Waals surface area contributed by atoms with Crippen molar-refractivity contribution in [1.82, 2.24) is 4.98 Å². The van der Waals surface area contributed by atoms with Crippen LogP contribution in [0.1, 0.15) is 11.3 Å². The van der Waals surface area contributed by atoms with Crippen LogP contribution < -0.4 is 5.32 Å². The Hall–Kier alpha value is -2.00. The zero-order valence-corrected chi connectivity index (χ0v) is 11.2. The molecule has 0 unspecified atom stereocenters. The van der Waals surface area contributed by atoms with Crippen molar-refractivity contribution >= 4 is 28.2 Å². The molecule has 0 aliphatic heterocycles. The van der Waals surface area contributed by atoms with Crippen LogP contribution in [0, 0.1) is 6.92 Å². The number of aryl methyl sites for hydroxylation is 1. The molecule has 0 spiro atoms. The third-order valence-electron chi connectivity index (χ3n) is 3.05. The number of hydrogen-bond acceptors (Lipinski definition) is 3. The molecular weight excluding hydrogens is 260 g/mol. The summed E-state index contributed by atoms with van der Waals surface area (Å²) >= 11 is 6.33. The number of benzene rings is 1. The first-order valence-corrected chi connectivity index (χ1v) is 6.43. The maximum absolute atomic E-state index is 6.33. The second-order valence-corrected chi connectivity index (χ2v) is 4.79. The number of furan rings is 1. The Bertz CT molecular complexity index is 707. The maximum Gasteiger partial charge on any atom is 0.122 e. The van der Waals surface area contributed by atoms with Crippen molar-refractivity contribution in [2.24, 2.45) is 0 Å². The Balaban J connectivity index is 2.02.